The van der Waals surface area contributed by atoms with E-state index in [0.717, 1.165) is 0 Å². The summed E-state index contributed by atoms with van der Waals surface area (Å²) in [7, 11) is 0. The average molecular weight is 355 g/mol. The second-order valence-electron chi connectivity index (χ2n) is 5.65. The van der Waals surface area contributed by atoms with E-state index in [1.807, 2.05) is 0 Å². The third-order valence-corrected chi connectivity index (χ3v) is 3.91. The minimum absolute atomic E-state index is 0.229. The number of aromatic nitrogens is 4. The summed E-state index contributed by atoms with van der Waals surface area (Å²) < 4.78 is 24.3. The number of morpholine rings is 1. The molecular formula is C17H14FN5O3. The number of carbonyl (C=O) groups is 1. The third kappa shape index (κ3) is 3.29. The molecule has 0 radical (unpaired) electrons. The zero-order valence-corrected chi connectivity index (χ0v) is 13.6. The van der Waals surface area contributed by atoms with Crippen LogP contribution in [-0.4, -0.2) is 50.6 Å². The van der Waals surface area contributed by atoms with E-state index in [0.29, 0.717) is 19.0 Å². The second-order valence-corrected chi connectivity index (χ2v) is 5.65. The van der Waals surface area contributed by atoms with Crippen LogP contribution in [0.15, 0.2) is 47.2 Å². The van der Waals surface area contributed by atoms with Crippen LogP contribution >= 0.6 is 0 Å². The number of hydrogen-bond donors (Lipinski definition) is 0. The third-order valence-electron chi connectivity index (χ3n) is 3.91. The van der Waals surface area contributed by atoms with Crippen LogP contribution in [0.1, 0.15) is 22.4 Å². The standard InChI is InChI=1S/C17H14FN5O3/c18-12-4-1-3-11(9-12)17(24)23-7-8-25-13(10-23)16-21-15(22-26-16)14-19-5-2-6-20-14/h1-6,9,13H,7-8,10H2/t13-/m0/s1. The van der Waals surface area contributed by atoms with Gasteiger partial charge in [-0.2, -0.15) is 4.98 Å². The van der Waals surface area contributed by atoms with Crippen LogP contribution in [0.5, 0.6) is 0 Å². The van der Waals surface area contributed by atoms with Crippen molar-refractivity contribution in [1.82, 2.24) is 25.0 Å². The minimum atomic E-state index is -0.564. The van der Waals surface area contributed by atoms with Crippen molar-refractivity contribution in [3.63, 3.8) is 0 Å². The van der Waals surface area contributed by atoms with E-state index < -0.39 is 11.9 Å². The van der Waals surface area contributed by atoms with Gasteiger partial charge in [-0.05, 0) is 24.3 Å². The van der Waals surface area contributed by atoms with Crippen LogP contribution in [0.3, 0.4) is 0 Å². The molecule has 0 unspecified atom stereocenters. The van der Waals surface area contributed by atoms with E-state index in [9.17, 15) is 9.18 Å². The van der Waals surface area contributed by atoms with Crippen molar-refractivity contribution in [2.75, 3.05) is 19.7 Å². The number of rotatable bonds is 3. The van der Waals surface area contributed by atoms with Crippen LogP contribution < -0.4 is 0 Å². The molecule has 0 aliphatic carbocycles. The Morgan fingerprint density at radius 1 is 1.19 bits per heavy atom. The van der Waals surface area contributed by atoms with Crippen LogP contribution in [0, 0.1) is 5.82 Å². The summed E-state index contributed by atoms with van der Waals surface area (Å²) in [5, 5.41) is 3.86. The number of hydrogen-bond acceptors (Lipinski definition) is 7. The molecule has 1 atom stereocenters. The van der Waals surface area contributed by atoms with E-state index in [-0.39, 0.29) is 29.7 Å². The average Bonchev–Trinajstić information content (AvgIpc) is 3.18. The van der Waals surface area contributed by atoms with Crippen molar-refractivity contribution in [2.45, 2.75) is 6.10 Å². The van der Waals surface area contributed by atoms with E-state index in [2.05, 4.69) is 20.1 Å². The first kappa shape index (κ1) is 16.3. The molecule has 1 aromatic carbocycles. The Balaban J connectivity index is 1.50. The van der Waals surface area contributed by atoms with Crippen LogP contribution in [0.2, 0.25) is 0 Å². The van der Waals surface area contributed by atoms with Crippen molar-refractivity contribution < 1.29 is 18.4 Å². The molecule has 1 fully saturated rings. The molecule has 3 heterocycles. The highest BCUT2D eigenvalue weighted by Crippen LogP contribution is 2.23. The fourth-order valence-electron chi connectivity index (χ4n) is 2.66. The molecule has 1 aliphatic rings. The summed E-state index contributed by atoms with van der Waals surface area (Å²) in [4.78, 5) is 26.5. The van der Waals surface area contributed by atoms with Gasteiger partial charge in [0.15, 0.2) is 6.10 Å². The van der Waals surface area contributed by atoms with Crippen molar-refractivity contribution in [3.05, 3.63) is 60.0 Å². The maximum Gasteiger partial charge on any atom is 0.258 e. The molecule has 4 rings (SSSR count). The maximum atomic E-state index is 13.4. The molecule has 26 heavy (non-hydrogen) atoms. The number of benzene rings is 1. The molecule has 132 valence electrons. The van der Waals surface area contributed by atoms with Crippen molar-refractivity contribution in [1.29, 1.82) is 0 Å². The quantitative estimate of drug-likeness (QED) is 0.708. The van der Waals surface area contributed by atoms with Gasteiger partial charge in [0.2, 0.25) is 11.6 Å². The zero-order valence-electron chi connectivity index (χ0n) is 13.6. The summed E-state index contributed by atoms with van der Waals surface area (Å²) >= 11 is 0. The molecule has 0 saturated carbocycles. The highest BCUT2D eigenvalue weighted by Gasteiger charge is 2.30. The summed E-state index contributed by atoms with van der Waals surface area (Å²) in [6.45, 7) is 0.937. The molecule has 0 bridgehead atoms. The first-order chi connectivity index (χ1) is 12.7. The number of halogens is 1. The van der Waals surface area contributed by atoms with Gasteiger partial charge < -0.3 is 14.2 Å². The topological polar surface area (TPSA) is 94.2 Å². The first-order valence-electron chi connectivity index (χ1n) is 7.98. The van der Waals surface area contributed by atoms with Crippen LogP contribution in [0.4, 0.5) is 4.39 Å². The number of amides is 1. The number of carbonyl (C=O) groups excluding carboxylic acids is 1. The Morgan fingerprint density at radius 3 is 2.85 bits per heavy atom. The highest BCUT2D eigenvalue weighted by molar-refractivity contribution is 5.94. The van der Waals surface area contributed by atoms with Crippen LogP contribution in [-0.2, 0) is 4.74 Å². The lowest BCUT2D eigenvalue weighted by molar-refractivity contribution is -0.0367. The Hall–Kier alpha value is -3.20. The smallest absolute Gasteiger partial charge is 0.258 e. The number of nitrogens with zero attached hydrogens (tertiary/aromatic N) is 5. The van der Waals surface area contributed by atoms with Crippen molar-refractivity contribution >= 4 is 5.91 Å². The van der Waals surface area contributed by atoms with Gasteiger partial charge in [-0.1, -0.05) is 11.2 Å². The predicted molar refractivity (Wildman–Crippen MR) is 86.3 cm³/mol. The lowest BCUT2D eigenvalue weighted by atomic mass is 10.1. The maximum absolute atomic E-state index is 13.4. The predicted octanol–water partition coefficient (Wildman–Crippen LogP) is 1.88. The fraction of sp³-hybridized carbons (Fsp3) is 0.235. The molecule has 3 aromatic rings. The molecule has 2 aromatic heterocycles. The van der Waals surface area contributed by atoms with Gasteiger partial charge in [0, 0.05) is 24.5 Å². The molecule has 1 aliphatic heterocycles. The van der Waals surface area contributed by atoms with E-state index in [1.165, 1.54) is 18.2 Å². The molecule has 8 nitrogen and oxygen atoms in total. The normalized spacial score (nSPS) is 17.3. The molecule has 1 amide bonds. The summed E-state index contributed by atoms with van der Waals surface area (Å²) in [5.41, 5.74) is 0.287. The molecule has 1 saturated heterocycles. The Bertz CT molecular complexity index is 918. The van der Waals surface area contributed by atoms with Gasteiger partial charge in [-0.25, -0.2) is 14.4 Å². The second kappa shape index (κ2) is 6.96. The summed E-state index contributed by atoms with van der Waals surface area (Å²) in [6, 6.07) is 7.28. The molecular weight excluding hydrogens is 341 g/mol. The Kier molecular flexibility index (Phi) is 4.36. The van der Waals surface area contributed by atoms with E-state index in [1.54, 1.807) is 29.4 Å². The van der Waals surface area contributed by atoms with Gasteiger partial charge >= 0.3 is 0 Å². The lowest BCUT2D eigenvalue weighted by Crippen LogP contribution is -2.42. The van der Waals surface area contributed by atoms with Gasteiger partial charge in [0.1, 0.15) is 5.82 Å². The SMILES string of the molecule is O=C(c1cccc(F)c1)N1CCO[C@H](c2nc(-c3ncccn3)no2)C1. The number of ether oxygens (including phenoxy) is 1. The lowest BCUT2D eigenvalue weighted by Gasteiger charge is -2.31. The minimum Gasteiger partial charge on any atom is -0.365 e. The van der Waals surface area contributed by atoms with Crippen molar-refractivity contribution in [2.24, 2.45) is 0 Å². The monoisotopic (exact) mass is 355 g/mol. The van der Waals surface area contributed by atoms with E-state index >= 15 is 0 Å². The summed E-state index contributed by atoms with van der Waals surface area (Å²) in [5.74, 6) is 0.0990. The molecule has 9 heteroatoms. The van der Waals surface area contributed by atoms with Crippen molar-refractivity contribution in [3.8, 4) is 11.6 Å². The first-order valence-corrected chi connectivity index (χ1v) is 7.98. The van der Waals surface area contributed by atoms with Gasteiger partial charge in [-0.3, -0.25) is 4.79 Å². The van der Waals surface area contributed by atoms with Crippen LogP contribution in [0.25, 0.3) is 11.6 Å². The fourth-order valence-corrected chi connectivity index (χ4v) is 2.66. The van der Waals surface area contributed by atoms with Gasteiger partial charge in [0.05, 0.1) is 13.2 Å². The molecule has 0 N–H and O–H groups in total. The zero-order chi connectivity index (χ0) is 17.9. The van der Waals surface area contributed by atoms with E-state index in [4.69, 9.17) is 9.26 Å². The van der Waals surface area contributed by atoms with Gasteiger partial charge in [-0.15, -0.1) is 0 Å². The Morgan fingerprint density at radius 2 is 2.04 bits per heavy atom. The summed E-state index contributed by atoms with van der Waals surface area (Å²) in [6.07, 6.45) is 2.59. The van der Waals surface area contributed by atoms with Gasteiger partial charge in [0.25, 0.3) is 11.8 Å². The molecule has 0 spiro atoms. The largest absolute Gasteiger partial charge is 0.365 e. The Labute approximate surface area is 147 Å². The highest BCUT2D eigenvalue weighted by atomic mass is 19.1.